The fraction of sp³-hybridized carbons (Fsp3) is 0.333. The minimum atomic E-state index is -1.08. The van der Waals surface area contributed by atoms with Crippen molar-refractivity contribution in [3.63, 3.8) is 0 Å². The molecule has 0 saturated heterocycles. The average molecular weight is 237 g/mol. The number of carboxylic acids is 1. The molecule has 1 amide bonds. The van der Waals surface area contributed by atoms with Crippen LogP contribution in [0.3, 0.4) is 0 Å². The first-order valence-electron chi connectivity index (χ1n) is 5.17. The summed E-state index contributed by atoms with van der Waals surface area (Å²) >= 11 is 0. The van der Waals surface area contributed by atoms with E-state index in [0.717, 1.165) is 11.1 Å². The zero-order valence-electron chi connectivity index (χ0n) is 9.82. The Labute approximate surface area is 99.4 Å². The highest BCUT2D eigenvalue weighted by Crippen LogP contribution is 2.16. The van der Waals surface area contributed by atoms with E-state index in [4.69, 9.17) is 9.84 Å². The lowest BCUT2D eigenvalue weighted by Crippen LogP contribution is -2.33. The van der Waals surface area contributed by atoms with Gasteiger partial charge in [-0.25, -0.2) is 0 Å². The molecule has 0 spiro atoms. The van der Waals surface area contributed by atoms with E-state index in [1.54, 1.807) is 6.07 Å². The molecule has 0 radical (unpaired) electrons. The van der Waals surface area contributed by atoms with Gasteiger partial charge in [0.1, 0.15) is 12.3 Å². The van der Waals surface area contributed by atoms with Gasteiger partial charge in [0.2, 0.25) is 0 Å². The van der Waals surface area contributed by atoms with Crippen molar-refractivity contribution in [1.29, 1.82) is 0 Å². The highest BCUT2D eigenvalue weighted by Gasteiger charge is 2.05. The fourth-order valence-electron chi connectivity index (χ4n) is 1.18. The van der Waals surface area contributed by atoms with Gasteiger partial charge in [0, 0.05) is 0 Å². The number of hydrogen-bond donors (Lipinski definition) is 2. The molecule has 0 unspecified atom stereocenters. The number of benzene rings is 1. The van der Waals surface area contributed by atoms with E-state index in [-0.39, 0.29) is 6.61 Å². The lowest BCUT2D eigenvalue weighted by atomic mass is 10.1. The van der Waals surface area contributed by atoms with Gasteiger partial charge in [-0.1, -0.05) is 6.07 Å². The maximum absolute atomic E-state index is 11.2. The Balaban J connectivity index is 2.42. The number of amides is 1. The Morgan fingerprint density at radius 3 is 2.59 bits per heavy atom. The van der Waals surface area contributed by atoms with E-state index < -0.39 is 18.4 Å². The smallest absolute Gasteiger partial charge is 0.322 e. The predicted molar refractivity (Wildman–Crippen MR) is 62.1 cm³/mol. The van der Waals surface area contributed by atoms with Crippen LogP contribution in [-0.2, 0) is 9.59 Å². The molecule has 1 aromatic carbocycles. The second-order valence-electron chi connectivity index (χ2n) is 3.71. The Morgan fingerprint density at radius 1 is 1.29 bits per heavy atom. The number of hydrogen-bond acceptors (Lipinski definition) is 3. The Bertz CT molecular complexity index is 429. The summed E-state index contributed by atoms with van der Waals surface area (Å²) in [6, 6.07) is 5.51. The number of nitrogens with one attached hydrogen (secondary N) is 1. The van der Waals surface area contributed by atoms with Crippen molar-refractivity contribution in [3.8, 4) is 5.75 Å². The Kier molecular flexibility index (Phi) is 4.51. The summed E-state index contributed by atoms with van der Waals surface area (Å²) in [7, 11) is 0. The van der Waals surface area contributed by atoms with Crippen LogP contribution in [0.4, 0.5) is 0 Å². The highest BCUT2D eigenvalue weighted by atomic mass is 16.5. The molecule has 0 aromatic heterocycles. The van der Waals surface area contributed by atoms with Gasteiger partial charge >= 0.3 is 5.97 Å². The SMILES string of the molecule is Cc1ccc(OCC(=O)NCC(=O)O)cc1C. The highest BCUT2D eigenvalue weighted by molar-refractivity contribution is 5.82. The first kappa shape index (κ1) is 13.0. The lowest BCUT2D eigenvalue weighted by Gasteiger charge is -2.08. The summed E-state index contributed by atoms with van der Waals surface area (Å²) in [5, 5.41) is 10.6. The standard InChI is InChI=1S/C12H15NO4/c1-8-3-4-10(5-9(8)2)17-7-11(14)13-6-12(15)16/h3-5H,6-7H2,1-2H3,(H,13,14)(H,15,16). The summed E-state index contributed by atoms with van der Waals surface area (Å²) in [5.74, 6) is -0.936. The molecule has 0 fully saturated rings. The third-order valence-corrected chi connectivity index (χ3v) is 2.29. The maximum atomic E-state index is 11.2. The van der Waals surface area contributed by atoms with Crippen LogP contribution in [0.15, 0.2) is 18.2 Å². The number of ether oxygens (including phenoxy) is 1. The fourth-order valence-corrected chi connectivity index (χ4v) is 1.18. The predicted octanol–water partition coefficient (Wildman–Crippen LogP) is 0.883. The van der Waals surface area contributed by atoms with Crippen molar-refractivity contribution in [1.82, 2.24) is 5.32 Å². The topological polar surface area (TPSA) is 75.6 Å². The Morgan fingerprint density at radius 2 is 2.00 bits per heavy atom. The summed E-state index contributed by atoms with van der Waals surface area (Å²) < 4.78 is 5.23. The molecule has 0 saturated carbocycles. The zero-order valence-corrected chi connectivity index (χ0v) is 9.82. The average Bonchev–Trinajstić information content (AvgIpc) is 2.28. The molecule has 1 aromatic rings. The molecule has 0 atom stereocenters. The largest absolute Gasteiger partial charge is 0.484 e. The van der Waals surface area contributed by atoms with Crippen LogP contribution >= 0.6 is 0 Å². The van der Waals surface area contributed by atoms with Gasteiger partial charge in [0.15, 0.2) is 6.61 Å². The quantitative estimate of drug-likeness (QED) is 0.797. The molecule has 5 nitrogen and oxygen atoms in total. The van der Waals surface area contributed by atoms with Crippen LogP contribution in [0.25, 0.3) is 0 Å². The van der Waals surface area contributed by atoms with E-state index in [1.165, 1.54) is 0 Å². The van der Waals surface area contributed by atoms with Gasteiger partial charge in [-0.3, -0.25) is 9.59 Å². The molecule has 92 valence electrons. The van der Waals surface area contributed by atoms with Gasteiger partial charge in [-0.2, -0.15) is 0 Å². The first-order valence-corrected chi connectivity index (χ1v) is 5.17. The number of aryl methyl sites for hydroxylation is 2. The van der Waals surface area contributed by atoms with Crippen molar-refractivity contribution in [2.75, 3.05) is 13.2 Å². The van der Waals surface area contributed by atoms with Crippen molar-refractivity contribution in [3.05, 3.63) is 29.3 Å². The summed E-state index contributed by atoms with van der Waals surface area (Å²) in [6.45, 7) is 3.36. The third kappa shape index (κ3) is 4.55. The number of carbonyl (C=O) groups is 2. The Hall–Kier alpha value is -2.04. The summed E-state index contributed by atoms with van der Waals surface area (Å²) in [6.07, 6.45) is 0. The van der Waals surface area contributed by atoms with Crippen LogP contribution < -0.4 is 10.1 Å². The van der Waals surface area contributed by atoms with Crippen molar-refractivity contribution >= 4 is 11.9 Å². The van der Waals surface area contributed by atoms with Crippen molar-refractivity contribution < 1.29 is 19.4 Å². The van der Waals surface area contributed by atoms with Crippen LogP contribution in [0, 0.1) is 13.8 Å². The minimum absolute atomic E-state index is 0.185. The molecule has 0 aliphatic heterocycles. The van der Waals surface area contributed by atoms with Crippen molar-refractivity contribution in [2.24, 2.45) is 0 Å². The molecule has 17 heavy (non-hydrogen) atoms. The van der Waals surface area contributed by atoms with Crippen LogP contribution in [0.1, 0.15) is 11.1 Å². The van der Waals surface area contributed by atoms with Gasteiger partial charge < -0.3 is 15.2 Å². The van der Waals surface area contributed by atoms with E-state index in [1.807, 2.05) is 26.0 Å². The van der Waals surface area contributed by atoms with Crippen molar-refractivity contribution in [2.45, 2.75) is 13.8 Å². The zero-order chi connectivity index (χ0) is 12.8. The number of carbonyl (C=O) groups excluding carboxylic acids is 1. The third-order valence-electron chi connectivity index (χ3n) is 2.29. The molecule has 0 bridgehead atoms. The molecular weight excluding hydrogens is 222 g/mol. The number of carboxylic acid groups (broad SMARTS) is 1. The van der Waals surface area contributed by atoms with Gasteiger partial charge in [0.05, 0.1) is 0 Å². The molecule has 5 heteroatoms. The maximum Gasteiger partial charge on any atom is 0.322 e. The van der Waals surface area contributed by atoms with Gasteiger partial charge in [0.25, 0.3) is 5.91 Å². The molecule has 0 heterocycles. The summed E-state index contributed by atoms with van der Waals surface area (Å²) in [5.41, 5.74) is 2.22. The minimum Gasteiger partial charge on any atom is -0.484 e. The second-order valence-corrected chi connectivity index (χ2v) is 3.71. The van der Waals surface area contributed by atoms with E-state index in [0.29, 0.717) is 5.75 Å². The molecule has 0 aliphatic carbocycles. The van der Waals surface area contributed by atoms with E-state index in [2.05, 4.69) is 5.32 Å². The van der Waals surface area contributed by atoms with Crippen LogP contribution in [0.5, 0.6) is 5.75 Å². The van der Waals surface area contributed by atoms with Crippen LogP contribution in [0.2, 0.25) is 0 Å². The lowest BCUT2D eigenvalue weighted by molar-refractivity contribution is -0.138. The molecular formula is C12H15NO4. The normalized spacial score (nSPS) is 9.76. The molecule has 0 aliphatic rings. The van der Waals surface area contributed by atoms with Crippen LogP contribution in [-0.4, -0.2) is 30.1 Å². The summed E-state index contributed by atoms with van der Waals surface area (Å²) in [4.78, 5) is 21.4. The van der Waals surface area contributed by atoms with Gasteiger partial charge in [-0.15, -0.1) is 0 Å². The van der Waals surface area contributed by atoms with E-state index in [9.17, 15) is 9.59 Å². The molecule has 1 rings (SSSR count). The van der Waals surface area contributed by atoms with Gasteiger partial charge in [-0.05, 0) is 37.1 Å². The number of aliphatic carboxylic acids is 1. The monoisotopic (exact) mass is 237 g/mol. The second kappa shape index (κ2) is 5.89. The molecule has 2 N–H and O–H groups in total. The first-order chi connectivity index (χ1) is 7.99. The number of rotatable bonds is 5. The van der Waals surface area contributed by atoms with E-state index >= 15 is 0 Å².